The van der Waals surface area contributed by atoms with Gasteiger partial charge < -0.3 is 9.88 Å². The van der Waals surface area contributed by atoms with Gasteiger partial charge in [0.05, 0.1) is 6.54 Å². The highest BCUT2D eigenvalue weighted by Crippen LogP contribution is 2.23. The monoisotopic (exact) mass is 208 g/mol. The van der Waals surface area contributed by atoms with Gasteiger partial charge in [-0.25, -0.2) is 0 Å². The van der Waals surface area contributed by atoms with Crippen LogP contribution in [0.25, 0.3) is 0 Å². The number of hydrogen-bond donors (Lipinski definition) is 1. The topological polar surface area (TPSA) is 42.7 Å². The van der Waals surface area contributed by atoms with Crippen molar-refractivity contribution < 1.29 is 0 Å². The third-order valence-electron chi connectivity index (χ3n) is 3.37. The fourth-order valence-electron chi connectivity index (χ4n) is 2.21. The number of rotatable bonds is 4. The van der Waals surface area contributed by atoms with Crippen LogP contribution in [0.5, 0.6) is 0 Å². The van der Waals surface area contributed by atoms with E-state index < -0.39 is 0 Å². The minimum atomic E-state index is 0.841. The van der Waals surface area contributed by atoms with Crippen molar-refractivity contribution in [2.24, 2.45) is 13.0 Å². The van der Waals surface area contributed by atoms with Gasteiger partial charge in [-0.15, -0.1) is 10.2 Å². The second-order valence-electron chi connectivity index (χ2n) is 4.50. The van der Waals surface area contributed by atoms with Crippen LogP contribution in [0.3, 0.4) is 0 Å². The lowest BCUT2D eigenvalue weighted by atomic mass is 10.1. The van der Waals surface area contributed by atoms with E-state index in [-0.39, 0.29) is 0 Å². The molecule has 1 heterocycles. The van der Waals surface area contributed by atoms with Crippen molar-refractivity contribution in [2.45, 2.75) is 39.2 Å². The van der Waals surface area contributed by atoms with Crippen LogP contribution < -0.4 is 5.32 Å². The van der Waals surface area contributed by atoms with Gasteiger partial charge in [-0.2, -0.15) is 0 Å². The standard InChI is InChI=1S/C11H20N4/c1-9-13-14-11(15(9)2)8-12-7-10-5-3-4-6-10/h10,12H,3-8H2,1-2H3. The van der Waals surface area contributed by atoms with E-state index in [4.69, 9.17) is 0 Å². The molecular formula is C11H20N4. The maximum Gasteiger partial charge on any atom is 0.146 e. The molecule has 0 aromatic carbocycles. The molecule has 4 heteroatoms. The summed E-state index contributed by atoms with van der Waals surface area (Å²) >= 11 is 0. The first kappa shape index (κ1) is 10.6. The molecule has 2 rings (SSSR count). The van der Waals surface area contributed by atoms with Crippen LogP contribution in [0.15, 0.2) is 0 Å². The summed E-state index contributed by atoms with van der Waals surface area (Å²) in [5, 5.41) is 11.6. The van der Waals surface area contributed by atoms with Crippen molar-refractivity contribution in [3.05, 3.63) is 11.6 Å². The molecule has 4 nitrogen and oxygen atoms in total. The molecule has 1 fully saturated rings. The van der Waals surface area contributed by atoms with E-state index in [0.717, 1.165) is 30.7 Å². The van der Waals surface area contributed by atoms with E-state index in [1.54, 1.807) is 0 Å². The highest BCUT2D eigenvalue weighted by atomic mass is 15.3. The molecule has 0 amide bonds. The zero-order valence-electron chi connectivity index (χ0n) is 9.66. The van der Waals surface area contributed by atoms with Gasteiger partial charge >= 0.3 is 0 Å². The van der Waals surface area contributed by atoms with Gasteiger partial charge in [0, 0.05) is 7.05 Å². The van der Waals surface area contributed by atoms with Crippen molar-refractivity contribution in [1.29, 1.82) is 0 Å². The summed E-state index contributed by atoms with van der Waals surface area (Å²) in [4.78, 5) is 0. The lowest BCUT2D eigenvalue weighted by molar-refractivity contribution is 0.480. The van der Waals surface area contributed by atoms with E-state index >= 15 is 0 Å². The molecule has 0 atom stereocenters. The minimum Gasteiger partial charge on any atom is -0.317 e. The molecule has 1 aromatic rings. The van der Waals surface area contributed by atoms with Crippen molar-refractivity contribution in [1.82, 2.24) is 20.1 Å². The zero-order valence-corrected chi connectivity index (χ0v) is 9.66. The summed E-state index contributed by atoms with van der Waals surface area (Å²) in [7, 11) is 2.02. The zero-order chi connectivity index (χ0) is 10.7. The second-order valence-corrected chi connectivity index (χ2v) is 4.50. The minimum absolute atomic E-state index is 0.841. The molecular weight excluding hydrogens is 188 g/mol. The first-order valence-electron chi connectivity index (χ1n) is 5.83. The Labute approximate surface area is 91.1 Å². The van der Waals surface area contributed by atoms with E-state index in [1.807, 2.05) is 18.5 Å². The Morgan fingerprint density at radius 1 is 1.33 bits per heavy atom. The Balaban J connectivity index is 1.75. The largest absolute Gasteiger partial charge is 0.317 e. The summed E-state index contributed by atoms with van der Waals surface area (Å²) in [6.07, 6.45) is 5.61. The molecule has 1 aliphatic carbocycles. The van der Waals surface area contributed by atoms with Gasteiger partial charge in [-0.1, -0.05) is 12.8 Å². The van der Waals surface area contributed by atoms with Crippen LogP contribution in [0.1, 0.15) is 37.3 Å². The van der Waals surface area contributed by atoms with Gasteiger partial charge in [-0.3, -0.25) is 0 Å². The third-order valence-corrected chi connectivity index (χ3v) is 3.37. The summed E-state index contributed by atoms with van der Waals surface area (Å²) in [6, 6.07) is 0. The molecule has 0 unspecified atom stereocenters. The summed E-state index contributed by atoms with van der Waals surface area (Å²) in [6.45, 7) is 3.95. The van der Waals surface area contributed by atoms with Crippen LogP contribution in [0.4, 0.5) is 0 Å². The normalized spacial score (nSPS) is 17.5. The molecule has 0 saturated heterocycles. The van der Waals surface area contributed by atoms with Gasteiger partial charge in [0.15, 0.2) is 0 Å². The van der Waals surface area contributed by atoms with E-state index in [1.165, 1.54) is 25.7 Å². The number of nitrogens with zero attached hydrogens (tertiary/aromatic N) is 3. The van der Waals surface area contributed by atoms with Gasteiger partial charge in [0.2, 0.25) is 0 Å². The predicted octanol–water partition coefficient (Wildman–Crippen LogP) is 1.40. The molecule has 84 valence electrons. The molecule has 0 aliphatic heterocycles. The quantitative estimate of drug-likeness (QED) is 0.813. The van der Waals surface area contributed by atoms with Crippen molar-refractivity contribution in [2.75, 3.05) is 6.54 Å². The highest BCUT2D eigenvalue weighted by Gasteiger charge is 2.14. The molecule has 0 radical (unpaired) electrons. The predicted molar refractivity (Wildman–Crippen MR) is 59.4 cm³/mol. The summed E-state index contributed by atoms with van der Waals surface area (Å²) in [5.41, 5.74) is 0. The van der Waals surface area contributed by atoms with E-state index in [0.29, 0.717) is 0 Å². The number of aromatic nitrogens is 3. The third kappa shape index (κ3) is 2.56. The van der Waals surface area contributed by atoms with Crippen molar-refractivity contribution in [3.8, 4) is 0 Å². The van der Waals surface area contributed by atoms with Gasteiger partial charge in [0.25, 0.3) is 0 Å². The highest BCUT2D eigenvalue weighted by molar-refractivity contribution is 4.91. The molecule has 1 N–H and O–H groups in total. The number of aryl methyl sites for hydroxylation is 1. The fourth-order valence-corrected chi connectivity index (χ4v) is 2.21. The maximum absolute atomic E-state index is 4.13. The first-order valence-corrected chi connectivity index (χ1v) is 5.83. The Morgan fingerprint density at radius 2 is 2.07 bits per heavy atom. The van der Waals surface area contributed by atoms with Gasteiger partial charge in [-0.05, 0) is 32.2 Å². The second kappa shape index (κ2) is 4.75. The lowest BCUT2D eigenvalue weighted by Gasteiger charge is -2.09. The lowest BCUT2D eigenvalue weighted by Crippen LogP contribution is -2.22. The molecule has 0 spiro atoms. The van der Waals surface area contributed by atoms with Crippen LogP contribution in [0.2, 0.25) is 0 Å². The van der Waals surface area contributed by atoms with Crippen LogP contribution >= 0.6 is 0 Å². The Morgan fingerprint density at radius 3 is 2.67 bits per heavy atom. The first-order chi connectivity index (χ1) is 7.27. The maximum atomic E-state index is 4.13. The van der Waals surface area contributed by atoms with Crippen LogP contribution in [-0.4, -0.2) is 21.3 Å². The van der Waals surface area contributed by atoms with E-state index in [9.17, 15) is 0 Å². The van der Waals surface area contributed by atoms with Crippen molar-refractivity contribution >= 4 is 0 Å². The molecule has 1 aromatic heterocycles. The Bertz CT molecular complexity index is 312. The molecule has 1 saturated carbocycles. The summed E-state index contributed by atoms with van der Waals surface area (Å²) in [5.74, 6) is 2.90. The van der Waals surface area contributed by atoms with Crippen LogP contribution in [-0.2, 0) is 13.6 Å². The SMILES string of the molecule is Cc1nnc(CNCC2CCCC2)n1C. The Kier molecular flexibility index (Phi) is 3.36. The average Bonchev–Trinajstić information content (AvgIpc) is 2.83. The number of hydrogen-bond acceptors (Lipinski definition) is 3. The Hall–Kier alpha value is -0.900. The number of nitrogens with one attached hydrogen (secondary N) is 1. The van der Waals surface area contributed by atoms with Crippen LogP contribution in [0, 0.1) is 12.8 Å². The molecule has 1 aliphatic rings. The van der Waals surface area contributed by atoms with Gasteiger partial charge in [0.1, 0.15) is 11.6 Å². The smallest absolute Gasteiger partial charge is 0.146 e. The van der Waals surface area contributed by atoms with Crippen molar-refractivity contribution in [3.63, 3.8) is 0 Å². The van der Waals surface area contributed by atoms with E-state index in [2.05, 4.69) is 15.5 Å². The average molecular weight is 208 g/mol. The summed E-state index contributed by atoms with van der Waals surface area (Å²) < 4.78 is 2.04. The molecule has 15 heavy (non-hydrogen) atoms. The molecule has 0 bridgehead atoms. The fraction of sp³-hybridized carbons (Fsp3) is 0.818.